The Morgan fingerprint density at radius 2 is 1.15 bits per heavy atom. The van der Waals surface area contributed by atoms with Crippen LogP contribution in [0.2, 0.25) is 0 Å². The minimum atomic E-state index is -4.25. The molecular formula is C13H31K2O4P. The fraction of sp³-hybridized carbons (Fsp3) is 1.00. The third-order valence-corrected chi connectivity index (χ3v) is 3.53. The second-order valence-corrected chi connectivity index (χ2v) is 6.10. The van der Waals surface area contributed by atoms with Crippen molar-refractivity contribution in [3.05, 3.63) is 0 Å². The second-order valence-electron chi connectivity index (χ2n) is 4.86. The predicted molar refractivity (Wildman–Crippen MR) is 76.7 cm³/mol. The number of hydrogen-bond acceptors (Lipinski definition) is 2. The van der Waals surface area contributed by atoms with Gasteiger partial charge in [-0.15, -0.1) is 0 Å². The summed E-state index contributed by atoms with van der Waals surface area (Å²) in [6.07, 6.45) is 13.5. The zero-order valence-corrected chi connectivity index (χ0v) is 20.8. The van der Waals surface area contributed by atoms with Crippen molar-refractivity contribution in [1.82, 2.24) is 0 Å². The quantitative estimate of drug-likeness (QED) is 0.242. The molecule has 0 aliphatic rings. The first-order chi connectivity index (χ1) is 8.56. The predicted octanol–water partition coefficient (Wildman–Crippen LogP) is -1.36. The molecule has 0 rings (SSSR count). The van der Waals surface area contributed by atoms with E-state index in [-0.39, 0.29) is 112 Å². The van der Waals surface area contributed by atoms with Crippen LogP contribution in [0.5, 0.6) is 0 Å². The van der Waals surface area contributed by atoms with E-state index in [0.717, 1.165) is 19.3 Å². The van der Waals surface area contributed by atoms with Crippen molar-refractivity contribution in [1.29, 1.82) is 0 Å². The van der Waals surface area contributed by atoms with Gasteiger partial charge in [0.15, 0.2) is 0 Å². The van der Waals surface area contributed by atoms with Crippen molar-refractivity contribution >= 4 is 7.82 Å². The zero-order valence-electron chi connectivity index (χ0n) is 15.6. The molecule has 0 spiro atoms. The van der Waals surface area contributed by atoms with Crippen molar-refractivity contribution in [2.75, 3.05) is 6.61 Å². The summed E-state index contributed by atoms with van der Waals surface area (Å²) in [5.74, 6) is 0. The second kappa shape index (κ2) is 20.4. The zero-order chi connectivity index (χ0) is 13.7. The number of phosphoric ester groups is 1. The van der Waals surface area contributed by atoms with Crippen LogP contribution in [-0.4, -0.2) is 16.4 Å². The van der Waals surface area contributed by atoms with Crippen LogP contribution in [0, 0.1) is 0 Å². The van der Waals surface area contributed by atoms with Crippen LogP contribution in [0.1, 0.15) is 80.4 Å². The fourth-order valence-corrected chi connectivity index (χ4v) is 2.32. The number of unbranched alkanes of at least 4 members (excludes halogenated alkanes) is 10. The Morgan fingerprint density at radius 3 is 1.50 bits per heavy atom. The molecule has 0 aliphatic heterocycles. The van der Waals surface area contributed by atoms with Gasteiger partial charge in [-0.25, -0.2) is 4.57 Å². The third-order valence-electron chi connectivity index (χ3n) is 3.01. The Morgan fingerprint density at radius 1 is 0.800 bits per heavy atom. The van der Waals surface area contributed by atoms with Crippen LogP contribution in [0.3, 0.4) is 0 Å². The normalized spacial score (nSPS) is 10.8. The van der Waals surface area contributed by atoms with Crippen LogP contribution in [-0.2, 0) is 9.09 Å². The van der Waals surface area contributed by atoms with Gasteiger partial charge in [0.05, 0.1) is 6.61 Å². The topological polar surface area (TPSA) is 66.8 Å². The fourth-order valence-electron chi connectivity index (χ4n) is 1.95. The summed E-state index contributed by atoms with van der Waals surface area (Å²) in [5, 5.41) is 0. The van der Waals surface area contributed by atoms with Gasteiger partial charge in [-0.05, 0) is 6.42 Å². The first-order valence-electron chi connectivity index (χ1n) is 7.26. The summed E-state index contributed by atoms with van der Waals surface area (Å²) in [4.78, 5) is 16.9. The summed E-state index contributed by atoms with van der Waals surface area (Å²) in [7, 11) is -4.25. The average Bonchev–Trinajstić information content (AvgIpc) is 2.29. The molecule has 0 amide bonds. The first-order valence-corrected chi connectivity index (χ1v) is 8.79. The number of rotatable bonds is 13. The summed E-state index contributed by atoms with van der Waals surface area (Å²) < 4.78 is 14.8. The molecule has 0 radical (unpaired) electrons. The van der Waals surface area contributed by atoms with Crippen LogP contribution >= 0.6 is 7.82 Å². The summed E-state index contributed by atoms with van der Waals surface area (Å²) in [6.45, 7) is 2.40. The number of phosphoric acid groups is 1. The van der Waals surface area contributed by atoms with Crippen LogP contribution in [0.4, 0.5) is 0 Å². The van der Waals surface area contributed by atoms with Gasteiger partial charge in [0.1, 0.15) is 0 Å². The largest absolute Gasteiger partial charge is 1.00 e. The van der Waals surface area contributed by atoms with Crippen molar-refractivity contribution in [2.24, 2.45) is 0 Å². The van der Waals surface area contributed by atoms with E-state index in [1.807, 2.05) is 0 Å². The molecule has 20 heavy (non-hydrogen) atoms. The van der Waals surface area contributed by atoms with E-state index in [0.29, 0.717) is 0 Å². The Labute approximate surface area is 212 Å². The standard InChI is InChI=1S/C13H29O4P.2K.2H/c1-2-3-4-5-6-7-8-9-10-11-12-13-17-18(14,15)16;;;;/h2-13H2,1H3,(H2,14,15,16);;;;/q;2*+1;2*-1. The molecule has 0 bridgehead atoms. The first kappa shape index (κ1) is 28.2. The smallest absolute Gasteiger partial charge is 1.00 e. The monoisotopic (exact) mass is 360 g/mol. The van der Waals surface area contributed by atoms with Gasteiger partial charge >= 0.3 is 111 Å². The molecule has 0 saturated heterocycles. The SMILES string of the molecule is CCCCCCCCCCCCCOP(=O)(O)O.[H-].[H-].[K+].[K+]. The van der Waals surface area contributed by atoms with E-state index < -0.39 is 7.82 Å². The van der Waals surface area contributed by atoms with Gasteiger partial charge in [0.25, 0.3) is 0 Å². The maximum absolute atomic E-state index is 10.4. The molecule has 2 N–H and O–H groups in total. The minimum absolute atomic E-state index is 0. The summed E-state index contributed by atoms with van der Waals surface area (Å²) in [5.41, 5.74) is 0. The molecular weight excluding hydrogens is 329 g/mol. The van der Waals surface area contributed by atoms with Gasteiger partial charge in [-0.2, -0.15) is 0 Å². The van der Waals surface area contributed by atoms with E-state index in [9.17, 15) is 4.57 Å². The van der Waals surface area contributed by atoms with E-state index in [1.54, 1.807) is 0 Å². The van der Waals surface area contributed by atoms with Crippen molar-refractivity contribution in [2.45, 2.75) is 77.6 Å². The van der Waals surface area contributed by atoms with Crippen molar-refractivity contribution in [3.63, 3.8) is 0 Å². The van der Waals surface area contributed by atoms with E-state index >= 15 is 0 Å². The molecule has 0 aliphatic carbocycles. The molecule has 0 aromatic heterocycles. The average molecular weight is 361 g/mol. The van der Waals surface area contributed by atoms with Crippen LogP contribution < -0.4 is 103 Å². The van der Waals surface area contributed by atoms with Gasteiger partial charge in [0, 0.05) is 0 Å². The third kappa shape index (κ3) is 26.3. The van der Waals surface area contributed by atoms with E-state index in [1.165, 1.54) is 51.4 Å². The minimum Gasteiger partial charge on any atom is -1.00 e. The molecule has 0 aromatic rings. The van der Waals surface area contributed by atoms with Crippen LogP contribution in [0.25, 0.3) is 0 Å². The summed E-state index contributed by atoms with van der Waals surface area (Å²) in [6, 6.07) is 0. The molecule has 0 heterocycles. The molecule has 0 unspecified atom stereocenters. The van der Waals surface area contributed by atoms with Crippen LogP contribution in [0.15, 0.2) is 0 Å². The maximum Gasteiger partial charge on any atom is 1.00 e. The molecule has 7 heteroatoms. The molecule has 114 valence electrons. The number of hydrogen-bond donors (Lipinski definition) is 2. The Bertz CT molecular complexity index is 234. The van der Waals surface area contributed by atoms with Gasteiger partial charge in [0.2, 0.25) is 0 Å². The molecule has 0 aromatic carbocycles. The van der Waals surface area contributed by atoms with Crippen molar-refractivity contribution in [3.8, 4) is 0 Å². The molecule has 0 atom stereocenters. The molecule has 0 saturated carbocycles. The van der Waals surface area contributed by atoms with Gasteiger partial charge in [-0.1, -0.05) is 71.1 Å². The maximum atomic E-state index is 10.4. The molecule has 4 nitrogen and oxygen atoms in total. The van der Waals surface area contributed by atoms with E-state index in [2.05, 4.69) is 11.4 Å². The Kier molecular flexibility index (Phi) is 28.8. The van der Waals surface area contributed by atoms with Gasteiger partial charge in [-0.3, -0.25) is 4.52 Å². The Balaban J connectivity index is -0.000000241. The Hall–Kier alpha value is 3.38. The van der Waals surface area contributed by atoms with Gasteiger partial charge < -0.3 is 12.6 Å². The molecule has 0 fully saturated rings. The summed E-state index contributed by atoms with van der Waals surface area (Å²) >= 11 is 0. The van der Waals surface area contributed by atoms with Crippen molar-refractivity contribution < 1.29 is 124 Å². The van der Waals surface area contributed by atoms with E-state index in [4.69, 9.17) is 9.79 Å².